The van der Waals surface area contributed by atoms with E-state index in [9.17, 15) is 26.3 Å². The fourth-order valence-electron chi connectivity index (χ4n) is 5.91. The zero-order chi connectivity index (χ0) is 44.8. The zero-order valence-corrected chi connectivity index (χ0v) is 42.2. The van der Waals surface area contributed by atoms with Crippen LogP contribution in [0.3, 0.4) is 0 Å². The number of benzene rings is 4. The van der Waals surface area contributed by atoms with Crippen molar-refractivity contribution >= 4 is 63.3 Å². The Balaban J connectivity index is 0.000000435. The fraction of sp³-hybridized carbons (Fsp3) is 0.409. The maximum absolute atomic E-state index is 10.7. The van der Waals surface area contributed by atoms with Gasteiger partial charge >= 0.3 is 63.4 Å². The number of rotatable bonds is 0. The Bertz CT molecular complexity index is 2310. The molecule has 0 heterocycles. The second kappa shape index (κ2) is 19.3. The van der Waals surface area contributed by atoms with Gasteiger partial charge in [-0.1, -0.05) is 154 Å². The van der Waals surface area contributed by atoms with Gasteiger partial charge in [0.15, 0.2) is 20.2 Å². The number of halogens is 6. The average molecular weight is 1040 g/mol. The molecule has 0 radical (unpaired) electrons. The standard InChI is InChI=1S/2C21H25.2CHF3O3S.2Zr/c2*1-20(2,3)16-7-9-18-14(12-16)11-15-13-17(21(4,5)6)8-10-19(15)18;2*2-1(3,4)8(5,6)7;;/h2*7-13H,1-6H3;2*(H,5,6,7);;/q2*-1;;;2*+2/p-2. The number of hydrogen-bond acceptors (Lipinski definition) is 6. The third-order valence-electron chi connectivity index (χ3n) is 9.44. The van der Waals surface area contributed by atoms with Gasteiger partial charge in [-0.25, -0.2) is 16.8 Å². The molecular weight excluding hydrogens is 985 g/mol. The first-order valence-corrected chi connectivity index (χ1v) is 21.0. The molecule has 0 bridgehead atoms. The number of hydrogen-bond donors (Lipinski definition) is 0. The minimum atomic E-state index is -6.09. The first-order chi connectivity index (χ1) is 25.8. The minimum absolute atomic E-state index is 0. The van der Waals surface area contributed by atoms with E-state index in [0.29, 0.717) is 0 Å². The molecule has 0 aromatic heterocycles. The SMILES string of the molecule is CC(C)(C)c1ccc2c(c1)[cH-]c1cc(C(C)(C)C)ccc12.CC(C)(C)c1ccc2c(c1)[cH-]c1cc(C(C)(C)C)ccc12.O=S(=O)([O-])C(F)(F)F.O=S(=O)([O-])C(F)(F)F.[Zr+2].[Zr+2]. The molecule has 0 aliphatic carbocycles. The normalized spacial score (nSPS) is 13.0. The molecule has 6 aromatic carbocycles. The van der Waals surface area contributed by atoms with Crippen LogP contribution in [0.25, 0.3) is 43.1 Å². The summed E-state index contributed by atoms with van der Waals surface area (Å²) in [5.74, 6) is 0. The molecule has 0 atom stereocenters. The monoisotopic (exact) mass is 1030 g/mol. The molecule has 324 valence electrons. The maximum atomic E-state index is 10.7. The van der Waals surface area contributed by atoms with Gasteiger partial charge in [0.05, 0.1) is 0 Å². The van der Waals surface area contributed by atoms with Gasteiger partial charge in [0.1, 0.15) is 0 Å². The second-order valence-electron chi connectivity index (χ2n) is 18.3. The summed E-state index contributed by atoms with van der Waals surface area (Å²) < 4.78 is 118. The molecule has 0 unspecified atom stereocenters. The summed E-state index contributed by atoms with van der Waals surface area (Å²) in [5, 5.41) is 11.0. The van der Waals surface area contributed by atoms with Crippen LogP contribution < -0.4 is 0 Å². The Kier molecular flexibility index (Phi) is 17.9. The summed E-state index contributed by atoms with van der Waals surface area (Å²) in [6, 6.07) is 32.4. The molecule has 6 nitrogen and oxygen atoms in total. The van der Waals surface area contributed by atoms with Crippen LogP contribution in [0, 0.1) is 0 Å². The summed E-state index contributed by atoms with van der Waals surface area (Å²) in [6.45, 7) is 27.3. The van der Waals surface area contributed by atoms with Crippen molar-refractivity contribution in [3.63, 3.8) is 0 Å². The quantitative estimate of drug-likeness (QED) is 0.0648. The van der Waals surface area contributed by atoms with Crippen molar-refractivity contribution in [2.75, 3.05) is 0 Å². The van der Waals surface area contributed by atoms with E-state index in [1.807, 2.05) is 0 Å². The molecular formula is C44H50F6O6S2Zr2. The Morgan fingerprint density at radius 2 is 0.533 bits per heavy atom. The summed E-state index contributed by atoms with van der Waals surface area (Å²) in [4.78, 5) is 0. The fourth-order valence-corrected chi connectivity index (χ4v) is 5.91. The Hall–Kier alpha value is -2.21. The molecule has 6 rings (SSSR count). The van der Waals surface area contributed by atoms with Gasteiger partial charge in [0.25, 0.3) is 0 Å². The molecule has 0 amide bonds. The first-order valence-electron chi connectivity index (χ1n) is 18.1. The van der Waals surface area contributed by atoms with Gasteiger partial charge in [0.2, 0.25) is 0 Å². The van der Waals surface area contributed by atoms with Crippen molar-refractivity contribution in [2.45, 2.75) is 116 Å². The summed E-state index contributed by atoms with van der Waals surface area (Å²) in [7, 11) is -12.2. The number of alkyl halides is 6. The van der Waals surface area contributed by atoms with Gasteiger partial charge in [-0.3, -0.25) is 0 Å². The van der Waals surface area contributed by atoms with Crippen molar-refractivity contribution in [2.24, 2.45) is 0 Å². The Labute approximate surface area is 388 Å². The van der Waals surface area contributed by atoms with E-state index in [1.54, 1.807) is 0 Å². The molecule has 6 aromatic rings. The third-order valence-corrected chi connectivity index (χ3v) is 10.6. The molecule has 0 aliphatic rings. The molecule has 0 saturated carbocycles. The van der Waals surface area contributed by atoms with Crippen LogP contribution in [0.1, 0.15) is 105 Å². The van der Waals surface area contributed by atoms with Gasteiger partial charge < -0.3 is 9.11 Å². The van der Waals surface area contributed by atoms with Crippen LogP contribution >= 0.6 is 0 Å². The van der Waals surface area contributed by atoms with E-state index in [1.165, 1.54) is 65.3 Å². The minimum Gasteiger partial charge on any atom is -0.741 e. The second-order valence-corrected chi connectivity index (χ2v) is 21.0. The molecule has 0 N–H and O–H groups in total. The third kappa shape index (κ3) is 14.4. The van der Waals surface area contributed by atoms with Gasteiger partial charge in [0, 0.05) is 0 Å². The smallest absolute Gasteiger partial charge is 0.741 e. The summed E-state index contributed by atoms with van der Waals surface area (Å²) in [5.41, 5.74) is -4.87. The molecule has 0 fully saturated rings. The van der Waals surface area contributed by atoms with Crippen molar-refractivity contribution in [3.8, 4) is 0 Å². The van der Waals surface area contributed by atoms with Crippen LogP contribution in [0.4, 0.5) is 26.3 Å². The zero-order valence-electron chi connectivity index (χ0n) is 35.6. The average Bonchev–Trinajstić information content (AvgIpc) is 3.58. The van der Waals surface area contributed by atoms with Crippen molar-refractivity contribution in [1.29, 1.82) is 0 Å². The van der Waals surface area contributed by atoms with E-state index >= 15 is 0 Å². The van der Waals surface area contributed by atoms with Gasteiger partial charge in [-0.2, -0.15) is 26.3 Å². The van der Waals surface area contributed by atoms with Crippen LogP contribution in [0.15, 0.2) is 84.9 Å². The molecule has 16 heteroatoms. The summed E-state index contributed by atoms with van der Waals surface area (Å²) >= 11 is 0. The van der Waals surface area contributed by atoms with Crippen molar-refractivity contribution < 1.29 is 105 Å². The molecule has 0 saturated heterocycles. The van der Waals surface area contributed by atoms with Crippen LogP contribution in [0.2, 0.25) is 0 Å². The topological polar surface area (TPSA) is 114 Å². The molecule has 0 aliphatic heterocycles. The van der Waals surface area contributed by atoms with Crippen molar-refractivity contribution in [1.82, 2.24) is 0 Å². The number of fused-ring (bicyclic) bond motifs is 6. The van der Waals surface area contributed by atoms with Crippen molar-refractivity contribution in [3.05, 3.63) is 107 Å². The largest absolute Gasteiger partial charge is 2.00 e. The first kappa shape index (κ1) is 55.8. The van der Waals surface area contributed by atoms with Crippen LogP contribution in [-0.2, 0) is 94.3 Å². The predicted octanol–water partition coefficient (Wildman–Crippen LogP) is 12.7. The van der Waals surface area contributed by atoms with Crippen LogP contribution in [0.5, 0.6) is 0 Å². The maximum Gasteiger partial charge on any atom is 2.00 e. The van der Waals surface area contributed by atoms with E-state index in [4.69, 9.17) is 25.9 Å². The Morgan fingerprint density at radius 3 is 0.650 bits per heavy atom. The van der Waals surface area contributed by atoms with E-state index < -0.39 is 31.3 Å². The van der Waals surface area contributed by atoms with E-state index in [0.717, 1.165) is 0 Å². The van der Waals surface area contributed by atoms with Gasteiger partial charge in [-0.15, -0.1) is 79.5 Å². The van der Waals surface area contributed by atoms with Crippen LogP contribution in [-0.4, -0.2) is 37.0 Å². The van der Waals surface area contributed by atoms with E-state index in [-0.39, 0.29) is 74.1 Å². The summed E-state index contributed by atoms with van der Waals surface area (Å²) in [6.07, 6.45) is 0. The van der Waals surface area contributed by atoms with E-state index in [2.05, 4.69) is 168 Å². The Morgan fingerprint density at radius 1 is 0.383 bits per heavy atom. The van der Waals surface area contributed by atoms with Gasteiger partial charge in [-0.05, 0) is 21.7 Å². The molecule has 0 spiro atoms. The predicted molar refractivity (Wildman–Crippen MR) is 220 cm³/mol. The molecule has 60 heavy (non-hydrogen) atoms.